The SMILES string of the molecule is O=C1OC[C@H]2OC(=O)c3cc(O)c(O)c(O)c3-c3c(O)c(O)c(O)c4c3C(=O)O[C@H]([C@@H]3OC(=O)[C@@H]5C4=C(O)C(=O)[C@@]54Oc5cc(O)c6c(c5[C@H]34)O[C@H](c3ccc(O)c(O)c3)[C@@H](O)C6)[C@@H]2OC(=O)c2cc(O)c(O)c(O)c2-c2cc1c(O)c(O)c2O. The number of ether oxygens (including phenoxy) is 7. The lowest BCUT2D eigenvalue weighted by molar-refractivity contribution is -0.200. The quantitative estimate of drug-likeness (QED) is 0.0638. The van der Waals surface area contributed by atoms with E-state index < -0.39 is 267 Å². The number of carbonyl (C=O) groups is 6. The van der Waals surface area contributed by atoms with Crippen LogP contribution in [0.5, 0.6) is 97.7 Å². The number of rotatable bonds is 1. The van der Waals surface area contributed by atoms with Crippen LogP contribution < -0.4 is 9.47 Å². The second kappa shape index (κ2) is 17.5. The van der Waals surface area contributed by atoms with Gasteiger partial charge in [-0.1, -0.05) is 6.07 Å². The molecule has 7 aliphatic heterocycles. The van der Waals surface area contributed by atoms with Crippen molar-refractivity contribution in [3.8, 4) is 120 Å². The zero-order valence-corrected chi connectivity index (χ0v) is 42.0. The average molecular weight is 1180 g/mol. The summed E-state index contributed by atoms with van der Waals surface area (Å²) in [6, 6.07) is 5.25. The third-order valence-corrected chi connectivity index (χ3v) is 16.1. The summed E-state index contributed by atoms with van der Waals surface area (Å²) in [5, 5.41) is 192. The molecule has 0 unspecified atom stereocenters. The lowest BCUT2D eigenvalue weighted by Crippen LogP contribution is -2.65. The smallest absolute Gasteiger partial charge is 0.342 e. The molecule has 9 atom stereocenters. The number of aliphatic hydroxyl groups is 2. The Balaban J connectivity index is 1.15. The summed E-state index contributed by atoms with van der Waals surface area (Å²) in [6.45, 7) is -1.58. The molecular formula is C55H36O30. The summed E-state index contributed by atoms with van der Waals surface area (Å²) in [4.78, 5) is 91.5. The van der Waals surface area contributed by atoms with E-state index in [9.17, 15) is 91.6 Å². The summed E-state index contributed by atoms with van der Waals surface area (Å²) in [5.74, 6) is -39.2. The Kier molecular flexibility index (Phi) is 10.9. The number of Topliss-reactive ketones (excluding diaryl/α,β-unsaturated/α-hetero) is 1. The topological polar surface area (TPSA) is 511 Å². The fraction of sp³-hybridized carbons (Fsp3) is 0.200. The van der Waals surface area contributed by atoms with Gasteiger partial charge in [0.05, 0.1) is 28.7 Å². The minimum Gasteiger partial charge on any atom is -0.507 e. The highest BCUT2D eigenvalue weighted by atomic mass is 16.6. The molecule has 30 heteroatoms. The average Bonchev–Trinajstić information content (AvgIpc) is 1.56. The summed E-state index contributed by atoms with van der Waals surface area (Å²) in [7, 11) is 0. The first-order chi connectivity index (χ1) is 40.2. The van der Waals surface area contributed by atoms with Crippen LogP contribution >= 0.6 is 0 Å². The lowest BCUT2D eigenvalue weighted by Gasteiger charge is -2.47. The van der Waals surface area contributed by atoms with Gasteiger partial charge in [0.15, 0.2) is 87.7 Å². The summed E-state index contributed by atoms with van der Waals surface area (Å²) in [6.07, 6.45) is -14.9. The molecule has 17 N–H and O–H groups in total. The van der Waals surface area contributed by atoms with E-state index in [1.807, 2.05) is 0 Å². The number of phenols is 15. The number of benzene rings is 6. The largest absolute Gasteiger partial charge is 0.507 e. The maximum Gasteiger partial charge on any atom is 0.342 e. The van der Waals surface area contributed by atoms with Gasteiger partial charge in [0, 0.05) is 57.0 Å². The standard InChI is InChI=1S/C55H36O30/c56-16-2-1-10(3-18(16)58)44-21(61)5-11-17(57)8-22-26(45(11)81-44)31-47-48-46-23(9-79-50(74)15-4-12(33(62)42(71)34(15)63)24-13(52(76)82-46)6-19(59)35(64)37(24)66)80-51(75)14-7-20(60)36(65)38(67)25(14)27-29(53(77)84-48)28(40(69)43(72)39(27)68)30-32(54(78)83-47)55(31,85-22)49(73)41(30)70/h1-4,6-8,21,23,31-32,44,46-48,56-72H,5,9H2/t21-,23+,31+,32-,44+,46+,47+,48-,55-/m0/s1. The third-order valence-electron chi connectivity index (χ3n) is 16.1. The van der Waals surface area contributed by atoms with Crippen LogP contribution in [0, 0.1) is 5.92 Å². The molecule has 6 aromatic carbocycles. The monoisotopic (exact) mass is 1180 g/mol. The minimum absolute atomic E-state index is 0.0541. The van der Waals surface area contributed by atoms with Gasteiger partial charge in [-0.3, -0.25) is 9.59 Å². The molecule has 1 saturated heterocycles. The molecular weight excluding hydrogens is 1140 g/mol. The fourth-order valence-electron chi connectivity index (χ4n) is 12.3. The number of hydrogen-bond donors (Lipinski definition) is 17. The second-order valence-corrected chi connectivity index (χ2v) is 20.5. The van der Waals surface area contributed by atoms with Crippen molar-refractivity contribution in [2.75, 3.05) is 6.61 Å². The van der Waals surface area contributed by atoms with Gasteiger partial charge < -0.3 is 120 Å². The molecule has 14 rings (SSSR count). The predicted molar refractivity (Wildman–Crippen MR) is 267 cm³/mol. The number of aromatic hydroxyl groups is 15. The number of esters is 5. The molecule has 8 bridgehead atoms. The molecule has 0 radical (unpaired) electrons. The van der Waals surface area contributed by atoms with Crippen LogP contribution in [0.3, 0.4) is 0 Å². The van der Waals surface area contributed by atoms with Gasteiger partial charge in [0.2, 0.25) is 34.4 Å². The molecule has 7 heterocycles. The van der Waals surface area contributed by atoms with E-state index in [-0.39, 0.29) is 11.1 Å². The van der Waals surface area contributed by atoms with Crippen molar-refractivity contribution >= 4 is 41.2 Å². The molecule has 1 spiro atoms. The number of ketones is 1. The van der Waals surface area contributed by atoms with Gasteiger partial charge in [-0.15, -0.1) is 0 Å². The molecule has 85 heavy (non-hydrogen) atoms. The first-order valence-corrected chi connectivity index (χ1v) is 24.8. The van der Waals surface area contributed by atoms with Crippen LogP contribution in [0.4, 0.5) is 0 Å². The van der Waals surface area contributed by atoms with Crippen molar-refractivity contribution in [1.29, 1.82) is 0 Å². The predicted octanol–water partition coefficient (Wildman–Crippen LogP) is 2.42. The third kappa shape index (κ3) is 6.83. The van der Waals surface area contributed by atoms with Crippen LogP contribution in [0.2, 0.25) is 0 Å². The van der Waals surface area contributed by atoms with E-state index in [0.29, 0.717) is 18.2 Å². The minimum atomic E-state index is -3.14. The molecule has 1 fully saturated rings. The number of hydrogen-bond acceptors (Lipinski definition) is 30. The first-order valence-electron chi connectivity index (χ1n) is 24.8. The lowest BCUT2D eigenvalue weighted by atomic mass is 9.66. The van der Waals surface area contributed by atoms with E-state index in [0.717, 1.165) is 18.2 Å². The Morgan fingerprint density at radius 1 is 0.459 bits per heavy atom. The van der Waals surface area contributed by atoms with Gasteiger partial charge in [-0.05, 0) is 35.9 Å². The summed E-state index contributed by atoms with van der Waals surface area (Å²) in [5.41, 5.74) is -16.5. The number of fused-ring (bicyclic) bond motifs is 11. The number of carbonyl (C=O) groups excluding carboxylic acids is 6. The van der Waals surface area contributed by atoms with Crippen LogP contribution in [0.15, 0.2) is 48.2 Å². The van der Waals surface area contributed by atoms with E-state index in [4.69, 9.17) is 33.2 Å². The highest BCUT2D eigenvalue weighted by Gasteiger charge is 2.76. The zero-order chi connectivity index (χ0) is 60.8. The molecule has 0 saturated carbocycles. The summed E-state index contributed by atoms with van der Waals surface area (Å²) < 4.78 is 42.6. The molecule has 8 aliphatic rings. The Morgan fingerprint density at radius 3 is 1.74 bits per heavy atom. The van der Waals surface area contributed by atoms with Crippen LogP contribution in [0.25, 0.3) is 27.8 Å². The first kappa shape index (κ1) is 52.8. The molecule has 0 aromatic heterocycles. The molecule has 6 aromatic rings. The highest BCUT2D eigenvalue weighted by molar-refractivity contribution is 6.22. The van der Waals surface area contributed by atoms with E-state index in [2.05, 4.69) is 0 Å². The highest BCUT2D eigenvalue weighted by Crippen LogP contribution is 2.68. The maximum atomic E-state index is 15.8. The number of aliphatic hydroxyl groups excluding tert-OH is 2. The second-order valence-electron chi connectivity index (χ2n) is 20.5. The van der Waals surface area contributed by atoms with E-state index >= 15 is 24.0 Å². The van der Waals surface area contributed by atoms with Crippen molar-refractivity contribution in [2.45, 2.75) is 54.6 Å². The fourth-order valence-corrected chi connectivity index (χ4v) is 12.3. The Morgan fingerprint density at radius 2 is 1.06 bits per heavy atom. The van der Waals surface area contributed by atoms with Gasteiger partial charge >= 0.3 is 29.8 Å². The Labute approximate surface area is 468 Å². The Hall–Kier alpha value is -11.6. The van der Waals surface area contributed by atoms with Crippen molar-refractivity contribution < 1.29 is 149 Å². The van der Waals surface area contributed by atoms with Gasteiger partial charge in [-0.25, -0.2) is 19.2 Å². The normalized spacial score (nSPS) is 25.0. The van der Waals surface area contributed by atoms with Crippen LogP contribution in [0.1, 0.15) is 75.7 Å². The Bertz CT molecular complexity index is 4230. The molecule has 0 amide bonds. The van der Waals surface area contributed by atoms with Crippen LogP contribution in [-0.2, 0) is 39.7 Å². The van der Waals surface area contributed by atoms with E-state index in [1.54, 1.807) is 0 Å². The van der Waals surface area contributed by atoms with Gasteiger partial charge in [-0.2, -0.15) is 0 Å². The number of cyclic esters (lactones) is 1. The van der Waals surface area contributed by atoms with Gasteiger partial charge in [0.25, 0.3) is 0 Å². The van der Waals surface area contributed by atoms with E-state index in [1.165, 1.54) is 6.07 Å². The molecule has 1 aliphatic carbocycles. The maximum absolute atomic E-state index is 15.8. The van der Waals surface area contributed by atoms with Crippen molar-refractivity contribution in [3.05, 3.63) is 92.7 Å². The van der Waals surface area contributed by atoms with Crippen molar-refractivity contribution in [2.24, 2.45) is 5.92 Å². The van der Waals surface area contributed by atoms with Gasteiger partial charge in [0.1, 0.15) is 41.4 Å². The molecule has 30 nitrogen and oxygen atoms in total. The van der Waals surface area contributed by atoms with Crippen molar-refractivity contribution in [3.63, 3.8) is 0 Å². The molecule has 436 valence electrons. The van der Waals surface area contributed by atoms with Crippen molar-refractivity contribution in [1.82, 2.24) is 0 Å². The summed E-state index contributed by atoms with van der Waals surface area (Å²) >= 11 is 0. The number of phenolic OH excluding ortho intramolecular Hbond substituents is 15. The van der Waals surface area contributed by atoms with Crippen LogP contribution in [-0.4, -0.2) is 165 Å². The zero-order valence-electron chi connectivity index (χ0n) is 42.0.